The van der Waals surface area contributed by atoms with Crippen LogP contribution in [0.25, 0.3) is 0 Å². The van der Waals surface area contributed by atoms with Gasteiger partial charge in [0.05, 0.1) is 31.2 Å². The normalized spacial score (nSPS) is 11.2. The molecule has 0 spiro atoms. The fourth-order valence-corrected chi connectivity index (χ4v) is 3.08. The van der Waals surface area contributed by atoms with E-state index in [-0.39, 0.29) is 23.6 Å². The number of esters is 1. The van der Waals surface area contributed by atoms with Gasteiger partial charge in [-0.15, -0.1) is 11.8 Å². The molecule has 26 heavy (non-hydrogen) atoms. The van der Waals surface area contributed by atoms with Crippen molar-refractivity contribution in [1.82, 2.24) is 4.90 Å². The van der Waals surface area contributed by atoms with Gasteiger partial charge in [0.2, 0.25) is 5.91 Å². The van der Waals surface area contributed by atoms with Crippen LogP contribution in [-0.2, 0) is 16.1 Å². The lowest BCUT2D eigenvalue weighted by atomic mass is 10.2. The maximum absolute atomic E-state index is 12.8. The average Bonchev–Trinajstić information content (AvgIpc) is 3.10. The number of hydrogen-bond donors (Lipinski definition) is 0. The summed E-state index contributed by atoms with van der Waals surface area (Å²) in [7, 11) is 1.23. The minimum Gasteiger partial charge on any atom is -0.467 e. The summed E-state index contributed by atoms with van der Waals surface area (Å²) in [5.41, 5.74) is 0.251. The van der Waals surface area contributed by atoms with Crippen LogP contribution in [0.5, 0.6) is 0 Å². The summed E-state index contributed by atoms with van der Waals surface area (Å²) in [6.07, 6.45) is -3.20. The molecule has 0 atom stereocenters. The smallest absolute Gasteiger partial charge is 0.406 e. The first-order valence-electron chi connectivity index (χ1n) is 7.47. The van der Waals surface area contributed by atoms with Crippen LogP contribution >= 0.6 is 11.8 Å². The molecule has 5 nitrogen and oxygen atoms in total. The first-order chi connectivity index (χ1) is 12.3. The van der Waals surface area contributed by atoms with E-state index in [9.17, 15) is 22.8 Å². The number of halogens is 3. The second-order valence-corrected chi connectivity index (χ2v) is 6.24. The molecule has 140 valence electrons. The molecular formula is C17H16F3NO4S. The number of furan rings is 1. The van der Waals surface area contributed by atoms with Gasteiger partial charge in [0.25, 0.3) is 0 Å². The number of carbonyl (C=O) groups excluding carboxylic acids is 2. The third kappa shape index (κ3) is 5.83. The van der Waals surface area contributed by atoms with Crippen LogP contribution in [0.4, 0.5) is 13.2 Å². The number of ether oxygens (including phenoxy) is 1. The third-order valence-corrected chi connectivity index (χ3v) is 4.35. The lowest BCUT2D eigenvalue weighted by Crippen LogP contribution is -2.39. The van der Waals surface area contributed by atoms with Gasteiger partial charge in [-0.25, -0.2) is 4.79 Å². The highest BCUT2D eigenvalue weighted by Crippen LogP contribution is 2.25. The van der Waals surface area contributed by atoms with Crippen molar-refractivity contribution in [1.29, 1.82) is 0 Å². The summed E-state index contributed by atoms with van der Waals surface area (Å²) in [6, 6.07) is 9.45. The molecule has 1 amide bonds. The first kappa shape index (κ1) is 19.9. The molecule has 0 unspecified atom stereocenters. The van der Waals surface area contributed by atoms with E-state index in [1.54, 1.807) is 18.2 Å². The van der Waals surface area contributed by atoms with Gasteiger partial charge in [-0.3, -0.25) is 4.79 Å². The van der Waals surface area contributed by atoms with E-state index in [1.165, 1.54) is 31.6 Å². The van der Waals surface area contributed by atoms with E-state index >= 15 is 0 Å². The minimum absolute atomic E-state index is 0.251. The van der Waals surface area contributed by atoms with Crippen molar-refractivity contribution in [3.63, 3.8) is 0 Å². The van der Waals surface area contributed by atoms with Crippen LogP contribution in [0.15, 0.2) is 52.0 Å². The maximum Gasteiger partial charge on any atom is 0.406 e. The largest absolute Gasteiger partial charge is 0.467 e. The number of carbonyl (C=O) groups is 2. The summed E-state index contributed by atoms with van der Waals surface area (Å²) >= 11 is 0.976. The number of alkyl halides is 3. The standard InChI is InChI=1S/C17H16F3NO4S/c1-24-16(23)13-6-2-3-7-14(13)26-10-15(22)21(11-17(18,19)20)9-12-5-4-8-25-12/h2-8H,9-11H2,1H3. The van der Waals surface area contributed by atoms with E-state index < -0.39 is 24.6 Å². The quantitative estimate of drug-likeness (QED) is 0.535. The Morgan fingerprint density at radius 3 is 2.54 bits per heavy atom. The molecule has 1 heterocycles. The predicted octanol–water partition coefficient (Wildman–Crippen LogP) is 3.75. The van der Waals surface area contributed by atoms with Gasteiger partial charge in [0, 0.05) is 4.90 Å². The monoisotopic (exact) mass is 387 g/mol. The SMILES string of the molecule is COC(=O)c1ccccc1SCC(=O)N(Cc1ccco1)CC(F)(F)F. The Morgan fingerprint density at radius 1 is 1.19 bits per heavy atom. The molecule has 0 saturated carbocycles. The van der Waals surface area contributed by atoms with Crippen LogP contribution in [0, 0.1) is 0 Å². The molecule has 0 aliphatic heterocycles. The summed E-state index contributed by atoms with van der Waals surface area (Å²) in [5, 5.41) is 0. The molecule has 1 aromatic carbocycles. The summed E-state index contributed by atoms with van der Waals surface area (Å²) in [5.74, 6) is -1.31. The van der Waals surface area contributed by atoms with Gasteiger partial charge in [0.1, 0.15) is 12.3 Å². The molecular weight excluding hydrogens is 371 g/mol. The van der Waals surface area contributed by atoms with Gasteiger partial charge in [-0.1, -0.05) is 12.1 Å². The Morgan fingerprint density at radius 2 is 1.92 bits per heavy atom. The van der Waals surface area contributed by atoms with Crippen molar-refractivity contribution in [3.8, 4) is 0 Å². The van der Waals surface area contributed by atoms with Gasteiger partial charge in [-0.05, 0) is 24.3 Å². The number of nitrogens with zero attached hydrogens (tertiary/aromatic N) is 1. The molecule has 2 rings (SSSR count). The van der Waals surface area contributed by atoms with E-state index in [0.717, 1.165) is 11.8 Å². The average molecular weight is 387 g/mol. The Kier molecular flexibility index (Phi) is 6.73. The van der Waals surface area contributed by atoms with Crippen molar-refractivity contribution in [3.05, 3.63) is 54.0 Å². The molecule has 9 heteroatoms. The second kappa shape index (κ2) is 8.79. The molecule has 0 saturated heterocycles. The summed E-state index contributed by atoms with van der Waals surface area (Å²) < 4.78 is 48.0. The van der Waals surface area contributed by atoms with Crippen LogP contribution in [0.1, 0.15) is 16.1 Å². The van der Waals surface area contributed by atoms with Crippen molar-refractivity contribution in [2.75, 3.05) is 19.4 Å². The number of thioether (sulfide) groups is 1. The molecule has 2 aromatic rings. The number of rotatable bonds is 7. The molecule has 0 aliphatic rings. The van der Waals surface area contributed by atoms with E-state index in [2.05, 4.69) is 4.74 Å². The van der Waals surface area contributed by atoms with Crippen molar-refractivity contribution in [2.45, 2.75) is 17.6 Å². The fourth-order valence-electron chi connectivity index (χ4n) is 2.14. The lowest BCUT2D eigenvalue weighted by Gasteiger charge is -2.23. The van der Waals surface area contributed by atoms with E-state index in [0.29, 0.717) is 9.80 Å². The van der Waals surface area contributed by atoms with E-state index in [1.807, 2.05) is 0 Å². The highest BCUT2D eigenvalue weighted by Gasteiger charge is 2.33. The summed E-state index contributed by atoms with van der Waals surface area (Å²) in [4.78, 5) is 25.2. The summed E-state index contributed by atoms with van der Waals surface area (Å²) in [6.45, 7) is -1.67. The fraction of sp³-hybridized carbons (Fsp3) is 0.294. The van der Waals surface area contributed by atoms with Crippen molar-refractivity contribution in [2.24, 2.45) is 0 Å². The Balaban J connectivity index is 2.08. The number of methoxy groups -OCH3 is 1. The van der Waals surface area contributed by atoms with Gasteiger partial charge in [0.15, 0.2) is 0 Å². The van der Waals surface area contributed by atoms with Crippen LogP contribution in [0.2, 0.25) is 0 Å². The van der Waals surface area contributed by atoms with Crippen LogP contribution < -0.4 is 0 Å². The van der Waals surface area contributed by atoms with Gasteiger partial charge >= 0.3 is 12.1 Å². The van der Waals surface area contributed by atoms with Gasteiger partial charge in [-0.2, -0.15) is 13.2 Å². The molecule has 0 radical (unpaired) electrons. The van der Waals surface area contributed by atoms with Crippen molar-refractivity contribution >= 4 is 23.6 Å². The Hall–Kier alpha value is -2.42. The molecule has 0 N–H and O–H groups in total. The third-order valence-electron chi connectivity index (χ3n) is 3.29. The lowest BCUT2D eigenvalue weighted by molar-refractivity contribution is -0.161. The zero-order valence-corrected chi connectivity index (χ0v) is 14.6. The molecule has 1 aromatic heterocycles. The highest BCUT2D eigenvalue weighted by atomic mass is 32.2. The van der Waals surface area contributed by atoms with Gasteiger partial charge < -0.3 is 14.1 Å². The molecule has 0 fully saturated rings. The number of benzene rings is 1. The highest BCUT2D eigenvalue weighted by molar-refractivity contribution is 8.00. The predicted molar refractivity (Wildman–Crippen MR) is 88.7 cm³/mol. The zero-order chi connectivity index (χ0) is 19.2. The maximum atomic E-state index is 12.8. The van der Waals surface area contributed by atoms with Crippen LogP contribution in [-0.4, -0.2) is 42.4 Å². The molecule has 0 bridgehead atoms. The topological polar surface area (TPSA) is 59.8 Å². The molecule has 0 aliphatic carbocycles. The van der Waals surface area contributed by atoms with Crippen LogP contribution in [0.3, 0.4) is 0 Å². The Labute approximate surface area is 152 Å². The second-order valence-electron chi connectivity index (χ2n) is 5.22. The minimum atomic E-state index is -4.53. The zero-order valence-electron chi connectivity index (χ0n) is 13.8. The number of hydrogen-bond acceptors (Lipinski definition) is 5. The number of amides is 1. The van der Waals surface area contributed by atoms with E-state index in [4.69, 9.17) is 4.42 Å². The first-order valence-corrected chi connectivity index (χ1v) is 8.46. The Bertz CT molecular complexity index is 747. The van der Waals surface area contributed by atoms with Crippen molar-refractivity contribution < 1.29 is 31.9 Å².